The summed E-state index contributed by atoms with van der Waals surface area (Å²) in [5.74, 6) is -0.771. The van der Waals surface area contributed by atoms with Crippen LogP contribution in [-0.2, 0) is 0 Å². The Morgan fingerprint density at radius 3 is 2.77 bits per heavy atom. The number of halogens is 2. The summed E-state index contributed by atoms with van der Waals surface area (Å²) in [6.07, 6.45) is 0.546. The standard InChI is InChI=1S/C9H11ClFNO/c1-2-7(12)8-6(11)4-3-5(10)9(8)13/h3-4,7,13H,2,12H2,1H3/t7-/m0/s1. The van der Waals surface area contributed by atoms with Crippen LogP contribution in [-0.4, -0.2) is 5.11 Å². The molecular weight excluding hydrogens is 193 g/mol. The van der Waals surface area contributed by atoms with E-state index < -0.39 is 11.9 Å². The van der Waals surface area contributed by atoms with E-state index in [1.807, 2.05) is 6.92 Å². The van der Waals surface area contributed by atoms with Crippen molar-refractivity contribution >= 4 is 11.6 Å². The molecule has 0 fully saturated rings. The third-order valence-corrected chi connectivity index (χ3v) is 2.23. The van der Waals surface area contributed by atoms with Gasteiger partial charge in [0, 0.05) is 11.6 Å². The van der Waals surface area contributed by atoms with Crippen molar-refractivity contribution in [2.24, 2.45) is 5.73 Å². The molecule has 0 aliphatic heterocycles. The molecule has 0 amide bonds. The number of hydrogen-bond donors (Lipinski definition) is 2. The average molecular weight is 204 g/mol. The number of aromatic hydroxyl groups is 1. The van der Waals surface area contributed by atoms with Crippen LogP contribution in [0.15, 0.2) is 12.1 Å². The first-order chi connectivity index (χ1) is 6.07. The summed E-state index contributed by atoms with van der Waals surface area (Å²) in [5.41, 5.74) is 5.70. The Morgan fingerprint density at radius 2 is 2.23 bits per heavy atom. The number of phenols is 1. The molecular formula is C9H11ClFNO. The molecule has 0 radical (unpaired) electrons. The van der Waals surface area contributed by atoms with Crippen molar-refractivity contribution < 1.29 is 9.50 Å². The van der Waals surface area contributed by atoms with Crippen LogP contribution in [0.2, 0.25) is 5.02 Å². The normalized spacial score (nSPS) is 12.9. The van der Waals surface area contributed by atoms with Gasteiger partial charge in [0.25, 0.3) is 0 Å². The van der Waals surface area contributed by atoms with Crippen molar-refractivity contribution in [3.05, 3.63) is 28.5 Å². The summed E-state index contributed by atoms with van der Waals surface area (Å²) in [6.45, 7) is 1.81. The number of benzene rings is 1. The molecule has 1 aromatic carbocycles. The largest absolute Gasteiger partial charge is 0.506 e. The number of rotatable bonds is 2. The molecule has 1 atom stereocenters. The van der Waals surface area contributed by atoms with Crippen molar-refractivity contribution in [2.45, 2.75) is 19.4 Å². The molecule has 0 aliphatic carbocycles. The van der Waals surface area contributed by atoms with Gasteiger partial charge >= 0.3 is 0 Å². The highest BCUT2D eigenvalue weighted by Gasteiger charge is 2.16. The van der Waals surface area contributed by atoms with Crippen molar-refractivity contribution in [1.82, 2.24) is 0 Å². The lowest BCUT2D eigenvalue weighted by atomic mass is 10.0. The first kappa shape index (κ1) is 10.3. The second-order valence-electron chi connectivity index (χ2n) is 2.81. The van der Waals surface area contributed by atoms with E-state index in [-0.39, 0.29) is 16.3 Å². The molecule has 13 heavy (non-hydrogen) atoms. The third-order valence-electron chi connectivity index (χ3n) is 1.93. The van der Waals surface area contributed by atoms with Gasteiger partial charge in [0.1, 0.15) is 11.6 Å². The molecule has 1 aromatic rings. The highest BCUT2D eigenvalue weighted by atomic mass is 35.5. The minimum absolute atomic E-state index is 0.0926. The molecule has 0 spiro atoms. The maximum Gasteiger partial charge on any atom is 0.141 e. The molecule has 0 saturated carbocycles. The van der Waals surface area contributed by atoms with Crippen molar-refractivity contribution in [3.8, 4) is 5.75 Å². The average Bonchev–Trinajstić information content (AvgIpc) is 2.12. The monoisotopic (exact) mass is 203 g/mol. The fourth-order valence-corrected chi connectivity index (χ4v) is 1.28. The molecule has 72 valence electrons. The van der Waals surface area contributed by atoms with E-state index in [1.54, 1.807) is 0 Å². The van der Waals surface area contributed by atoms with E-state index in [0.29, 0.717) is 6.42 Å². The minimum atomic E-state index is -0.517. The number of phenolic OH excluding ortho intramolecular Hbond substituents is 1. The molecule has 0 aromatic heterocycles. The lowest BCUT2D eigenvalue weighted by Gasteiger charge is -2.12. The highest BCUT2D eigenvalue weighted by molar-refractivity contribution is 6.32. The number of hydrogen-bond acceptors (Lipinski definition) is 2. The zero-order valence-corrected chi connectivity index (χ0v) is 7.98. The highest BCUT2D eigenvalue weighted by Crippen LogP contribution is 2.33. The van der Waals surface area contributed by atoms with Crippen LogP contribution < -0.4 is 5.73 Å². The smallest absolute Gasteiger partial charge is 0.141 e. The summed E-state index contributed by atoms with van der Waals surface area (Å²) in [6, 6.07) is 1.99. The van der Waals surface area contributed by atoms with Gasteiger partial charge in [0.15, 0.2) is 0 Å². The second-order valence-corrected chi connectivity index (χ2v) is 3.21. The maximum atomic E-state index is 13.2. The first-order valence-electron chi connectivity index (χ1n) is 4.00. The first-order valence-corrected chi connectivity index (χ1v) is 4.38. The van der Waals surface area contributed by atoms with Gasteiger partial charge in [-0.3, -0.25) is 0 Å². The summed E-state index contributed by atoms with van der Waals surface area (Å²) in [7, 11) is 0. The van der Waals surface area contributed by atoms with Gasteiger partial charge in [-0.25, -0.2) is 4.39 Å². The topological polar surface area (TPSA) is 46.2 Å². The van der Waals surface area contributed by atoms with E-state index in [2.05, 4.69) is 0 Å². The predicted molar refractivity (Wildman–Crippen MR) is 50.3 cm³/mol. The molecule has 0 aliphatic rings. The zero-order valence-electron chi connectivity index (χ0n) is 7.22. The zero-order chi connectivity index (χ0) is 10.0. The van der Waals surface area contributed by atoms with Crippen LogP contribution in [0.4, 0.5) is 4.39 Å². The molecule has 0 saturated heterocycles. The third kappa shape index (κ3) is 1.92. The van der Waals surface area contributed by atoms with Gasteiger partial charge in [-0.15, -0.1) is 0 Å². The van der Waals surface area contributed by atoms with E-state index in [1.165, 1.54) is 12.1 Å². The SMILES string of the molecule is CC[C@H](N)c1c(F)ccc(Cl)c1O. The fraction of sp³-hybridized carbons (Fsp3) is 0.333. The molecule has 1 rings (SSSR count). The number of nitrogens with two attached hydrogens (primary N) is 1. The molecule has 0 heterocycles. The Balaban J connectivity index is 3.25. The van der Waals surface area contributed by atoms with Crippen molar-refractivity contribution in [1.29, 1.82) is 0 Å². The Labute approximate surface area is 81.1 Å². The Bertz CT molecular complexity index is 317. The van der Waals surface area contributed by atoms with Gasteiger partial charge in [-0.2, -0.15) is 0 Å². The molecule has 2 nitrogen and oxygen atoms in total. The summed E-state index contributed by atoms with van der Waals surface area (Å²) < 4.78 is 13.2. The van der Waals surface area contributed by atoms with Crippen LogP contribution in [0.5, 0.6) is 5.75 Å². The fourth-order valence-electron chi connectivity index (χ4n) is 1.11. The lowest BCUT2D eigenvalue weighted by molar-refractivity contribution is 0.447. The van der Waals surface area contributed by atoms with E-state index >= 15 is 0 Å². The predicted octanol–water partition coefficient (Wildman–Crippen LogP) is 2.59. The van der Waals surface area contributed by atoms with Crippen LogP contribution in [0, 0.1) is 5.82 Å². The minimum Gasteiger partial charge on any atom is -0.506 e. The van der Waals surface area contributed by atoms with Gasteiger partial charge in [-0.1, -0.05) is 18.5 Å². The second kappa shape index (κ2) is 3.94. The quantitative estimate of drug-likeness (QED) is 0.776. The van der Waals surface area contributed by atoms with Gasteiger partial charge in [0.05, 0.1) is 5.02 Å². The lowest BCUT2D eigenvalue weighted by Crippen LogP contribution is -2.11. The van der Waals surface area contributed by atoms with E-state index in [0.717, 1.165) is 0 Å². The van der Waals surface area contributed by atoms with Gasteiger partial charge in [0.2, 0.25) is 0 Å². The van der Waals surface area contributed by atoms with Crippen LogP contribution in [0.3, 0.4) is 0 Å². The Hall–Kier alpha value is -0.800. The van der Waals surface area contributed by atoms with Crippen LogP contribution in [0.1, 0.15) is 24.9 Å². The molecule has 0 bridgehead atoms. The summed E-state index contributed by atoms with van der Waals surface area (Å²) in [4.78, 5) is 0. The van der Waals surface area contributed by atoms with Crippen molar-refractivity contribution in [2.75, 3.05) is 0 Å². The molecule has 3 N–H and O–H groups in total. The van der Waals surface area contributed by atoms with E-state index in [9.17, 15) is 9.50 Å². The van der Waals surface area contributed by atoms with Gasteiger partial charge < -0.3 is 10.8 Å². The Morgan fingerprint density at radius 1 is 1.62 bits per heavy atom. The van der Waals surface area contributed by atoms with Crippen LogP contribution >= 0.6 is 11.6 Å². The van der Waals surface area contributed by atoms with E-state index in [4.69, 9.17) is 17.3 Å². The molecule has 0 unspecified atom stereocenters. The van der Waals surface area contributed by atoms with Crippen LogP contribution in [0.25, 0.3) is 0 Å². The maximum absolute atomic E-state index is 13.2. The van der Waals surface area contributed by atoms with Gasteiger partial charge in [-0.05, 0) is 18.6 Å². The molecule has 4 heteroatoms. The van der Waals surface area contributed by atoms with Crippen molar-refractivity contribution in [3.63, 3.8) is 0 Å². The summed E-state index contributed by atoms with van der Waals surface area (Å²) in [5, 5.41) is 9.55. The summed E-state index contributed by atoms with van der Waals surface area (Å²) >= 11 is 5.61. The Kier molecular flexibility index (Phi) is 3.12.